The fourth-order valence-corrected chi connectivity index (χ4v) is 3.09. The summed E-state index contributed by atoms with van der Waals surface area (Å²) in [6.07, 6.45) is 1.71. The Morgan fingerprint density at radius 1 is 1.29 bits per heavy atom. The van der Waals surface area contributed by atoms with Gasteiger partial charge in [0.25, 0.3) is 0 Å². The molecule has 0 spiro atoms. The molecule has 1 aliphatic heterocycles. The number of hydrogen-bond acceptors (Lipinski definition) is 5. The molecular formula is C19H23ClN4O4. The number of benzene rings is 1. The minimum absolute atomic E-state index is 0.0885. The number of nitrogens with zero attached hydrogens (tertiary/aromatic N) is 2. The van der Waals surface area contributed by atoms with Crippen LogP contribution < -0.4 is 10.6 Å². The van der Waals surface area contributed by atoms with E-state index in [9.17, 15) is 9.59 Å². The van der Waals surface area contributed by atoms with E-state index in [2.05, 4.69) is 15.8 Å². The molecule has 3 amide bonds. The van der Waals surface area contributed by atoms with Crippen molar-refractivity contribution in [3.05, 3.63) is 40.6 Å². The summed E-state index contributed by atoms with van der Waals surface area (Å²) in [7, 11) is 0. The Morgan fingerprint density at radius 3 is 2.75 bits per heavy atom. The fourth-order valence-electron chi connectivity index (χ4n) is 2.91. The van der Waals surface area contributed by atoms with Crippen molar-refractivity contribution < 1.29 is 18.8 Å². The third kappa shape index (κ3) is 5.46. The number of carbonyl (C=O) groups is 2. The third-order valence-corrected chi connectivity index (χ3v) is 4.80. The smallest absolute Gasteiger partial charge is 0.322 e. The molecule has 1 unspecified atom stereocenters. The first-order valence-corrected chi connectivity index (χ1v) is 9.45. The molecule has 3 rings (SSSR count). The van der Waals surface area contributed by atoms with Gasteiger partial charge >= 0.3 is 6.03 Å². The molecular weight excluding hydrogens is 384 g/mol. The Balaban J connectivity index is 1.66. The van der Waals surface area contributed by atoms with Crippen LogP contribution in [0.2, 0.25) is 5.02 Å². The van der Waals surface area contributed by atoms with Crippen LogP contribution >= 0.6 is 11.6 Å². The van der Waals surface area contributed by atoms with E-state index in [1.54, 1.807) is 25.1 Å². The number of urea groups is 1. The highest BCUT2D eigenvalue weighted by molar-refractivity contribution is 6.31. The topological polar surface area (TPSA) is 96.7 Å². The normalized spacial score (nSPS) is 16.0. The molecule has 1 saturated heterocycles. The lowest BCUT2D eigenvalue weighted by Crippen LogP contribution is -2.44. The highest BCUT2D eigenvalue weighted by atomic mass is 35.5. The minimum Gasteiger partial charge on any atom is -0.376 e. The summed E-state index contributed by atoms with van der Waals surface area (Å²) < 4.78 is 10.6. The van der Waals surface area contributed by atoms with E-state index in [4.69, 9.17) is 20.9 Å². The van der Waals surface area contributed by atoms with Gasteiger partial charge in [0.15, 0.2) is 5.82 Å². The lowest BCUT2D eigenvalue weighted by molar-refractivity contribution is -0.117. The van der Waals surface area contributed by atoms with Gasteiger partial charge in [0.2, 0.25) is 5.91 Å². The van der Waals surface area contributed by atoms with E-state index in [-0.39, 0.29) is 18.6 Å². The first kappa shape index (κ1) is 20.2. The number of aromatic nitrogens is 1. The SMILES string of the molecule is Cc1cc(NC(=O)CN(CC2CCCO2)C(=O)Nc2ccc(C)c(Cl)c2)no1. The van der Waals surface area contributed by atoms with Crippen molar-refractivity contribution in [3.8, 4) is 0 Å². The Kier molecular flexibility index (Phi) is 6.53. The Bertz CT molecular complexity index is 848. The fraction of sp³-hybridized carbons (Fsp3) is 0.421. The highest BCUT2D eigenvalue weighted by Gasteiger charge is 2.25. The highest BCUT2D eigenvalue weighted by Crippen LogP contribution is 2.21. The molecule has 2 N–H and O–H groups in total. The van der Waals surface area contributed by atoms with Crippen LogP contribution in [-0.2, 0) is 9.53 Å². The molecule has 1 aromatic heterocycles. The lowest BCUT2D eigenvalue weighted by Gasteiger charge is -2.25. The van der Waals surface area contributed by atoms with E-state index < -0.39 is 6.03 Å². The van der Waals surface area contributed by atoms with Crippen LogP contribution in [0.1, 0.15) is 24.2 Å². The number of hydrogen-bond donors (Lipinski definition) is 2. The zero-order valence-corrected chi connectivity index (χ0v) is 16.6. The van der Waals surface area contributed by atoms with Crippen molar-refractivity contribution in [3.63, 3.8) is 0 Å². The van der Waals surface area contributed by atoms with Crippen LogP contribution in [0.3, 0.4) is 0 Å². The molecule has 1 atom stereocenters. The summed E-state index contributed by atoms with van der Waals surface area (Å²) >= 11 is 6.13. The third-order valence-electron chi connectivity index (χ3n) is 4.39. The monoisotopic (exact) mass is 406 g/mol. The van der Waals surface area contributed by atoms with Gasteiger partial charge < -0.3 is 24.8 Å². The maximum atomic E-state index is 12.8. The van der Waals surface area contributed by atoms with Crippen molar-refractivity contribution in [1.82, 2.24) is 10.1 Å². The summed E-state index contributed by atoms with van der Waals surface area (Å²) in [5.41, 5.74) is 1.48. The zero-order valence-electron chi connectivity index (χ0n) is 15.8. The van der Waals surface area contributed by atoms with Gasteiger partial charge in [-0.2, -0.15) is 0 Å². The van der Waals surface area contributed by atoms with Gasteiger partial charge in [0.1, 0.15) is 12.3 Å². The first-order valence-electron chi connectivity index (χ1n) is 9.07. The molecule has 0 aliphatic carbocycles. The number of carbonyl (C=O) groups excluding carboxylic acids is 2. The number of halogens is 1. The van der Waals surface area contributed by atoms with Gasteiger partial charge in [-0.3, -0.25) is 4.79 Å². The molecule has 0 radical (unpaired) electrons. The van der Waals surface area contributed by atoms with Gasteiger partial charge in [-0.1, -0.05) is 22.8 Å². The van der Waals surface area contributed by atoms with Crippen LogP contribution in [0.25, 0.3) is 0 Å². The number of nitrogens with one attached hydrogen (secondary N) is 2. The Hall–Kier alpha value is -2.58. The first-order chi connectivity index (χ1) is 13.4. The number of amides is 3. The number of anilines is 2. The summed E-state index contributed by atoms with van der Waals surface area (Å²) in [6.45, 7) is 4.45. The molecule has 1 aliphatic rings. The predicted molar refractivity (Wildman–Crippen MR) is 106 cm³/mol. The van der Waals surface area contributed by atoms with Crippen molar-refractivity contribution in [2.45, 2.75) is 32.8 Å². The molecule has 28 heavy (non-hydrogen) atoms. The Labute approximate surface area is 168 Å². The molecule has 9 heteroatoms. The van der Waals surface area contributed by atoms with E-state index >= 15 is 0 Å². The van der Waals surface area contributed by atoms with Crippen LogP contribution in [0, 0.1) is 13.8 Å². The minimum atomic E-state index is -0.401. The molecule has 2 heterocycles. The second-order valence-corrected chi connectivity index (χ2v) is 7.19. The molecule has 1 aromatic carbocycles. The zero-order chi connectivity index (χ0) is 20.1. The van der Waals surface area contributed by atoms with Gasteiger partial charge in [0.05, 0.1) is 6.10 Å². The molecule has 0 bridgehead atoms. The summed E-state index contributed by atoms with van der Waals surface area (Å²) in [4.78, 5) is 26.6. The van der Waals surface area contributed by atoms with E-state index in [1.807, 2.05) is 13.0 Å². The van der Waals surface area contributed by atoms with Gasteiger partial charge in [-0.15, -0.1) is 0 Å². The van der Waals surface area contributed by atoms with Crippen molar-refractivity contribution in [1.29, 1.82) is 0 Å². The van der Waals surface area contributed by atoms with Crippen molar-refractivity contribution in [2.75, 3.05) is 30.3 Å². The van der Waals surface area contributed by atoms with E-state index in [1.165, 1.54) is 4.90 Å². The molecule has 2 aromatic rings. The van der Waals surface area contributed by atoms with Crippen LogP contribution in [-0.4, -0.2) is 47.8 Å². The maximum Gasteiger partial charge on any atom is 0.322 e. The number of ether oxygens (including phenoxy) is 1. The van der Waals surface area contributed by atoms with Gasteiger partial charge in [-0.25, -0.2) is 4.79 Å². The van der Waals surface area contributed by atoms with Crippen LogP contribution in [0.4, 0.5) is 16.3 Å². The summed E-state index contributed by atoms with van der Waals surface area (Å²) in [5, 5.41) is 9.71. The molecule has 8 nitrogen and oxygen atoms in total. The summed E-state index contributed by atoms with van der Waals surface area (Å²) in [5.74, 6) is 0.522. The number of aryl methyl sites for hydroxylation is 2. The lowest BCUT2D eigenvalue weighted by atomic mass is 10.2. The van der Waals surface area contributed by atoms with Crippen LogP contribution in [0.5, 0.6) is 0 Å². The second kappa shape index (κ2) is 9.07. The van der Waals surface area contributed by atoms with Gasteiger partial charge in [-0.05, 0) is 44.4 Å². The van der Waals surface area contributed by atoms with Gasteiger partial charge in [0, 0.05) is 29.9 Å². The molecule has 150 valence electrons. The number of rotatable bonds is 6. The van der Waals surface area contributed by atoms with Crippen LogP contribution in [0.15, 0.2) is 28.8 Å². The van der Waals surface area contributed by atoms with Crippen molar-refractivity contribution in [2.24, 2.45) is 0 Å². The standard InChI is InChI=1S/C19H23ClN4O4/c1-12-5-6-14(9-16(12)20)21-19(26)24(10-15-4-3-7-27-15)11-18(25)22-17-8-13(2)28-23-17/h5-6,8-9,15H,3-4,7,10-11H2,1-2H3,(H,21,26)(H,22,23,25). The second-order valence-electron chi connectivity index (χ2n) is 6.78. The average molecular weight is 407 g/mol. The summed E-state index contributed by atoms with van der Waals surface area (Å²) in [6, 6.07) is 6.47. The van der Waals surface area contributed by atoms with E-state index in [0.717, 1.165) is 18.4 Å². The molecule has 1 fully saturated rings. The maximum absolute atomic E-state index is 12.8. The predicted octanol–water partition coefficient (Wildman–Crippen LogP) is 3.60. The molecule has 0 saturated carbocycles. The van der Waals surface area contributed by atoms with Crippen molar-refractivity contribution >= 4 is 35.0 Å². The Morgan fingerprint density at radius 2 is 2.11 bits per heavy atom. The van der Waals surface area contributed by atoms with E-state index in [0.29, 0.717) is 35.4 Å². The largest absolute Gasteiger partial charge is 0.376 e. The quantitative estimate of drug-likeness (QED) is 0.764. The average Bonchev–Trinajstić information content (AvgIpc) is 3.29.